The van der Waals surface area contributed by atoms with Crippen molar-refractivity contribution in [3.63, 3.8) is 0 Å². The number of hydrogen-bond donors (Lipinski definition) is 2. The summed E-state index contributed by atoms with van der Waals surface area (Å²) >= 11 is 5.64. The summed E-state index contributed by atoms with van der Waals surface area (Å²) in [6, 6.07) is -0.586. The maximum atomic E-state index is 11.6. The topological polar surface area (TPSA) is 133 Å². The molecule has 0 bridgehead atoms. The molecule has 0 aliphatic carbocycles. The molecule has 1 aliphatic heterocycles. The van der Waals surface area contributed by atoms with E-state index in [4.69, 9.17) is 27.0 Å². The van der Waals surface area contributed by atoms with Crippen LogP contribution < -0.4 is 11.2 Å². The molecular formula is C9H10ClN5O4. The van der Waals surface area contributed by atoms with Gasteiger partial charge in [0.25, 0.3) is 5.56 Å². The van der Waals surface area contributed by atoms with Crippen molar-refractivity contribution in [1.82, 2.24) is 9.55 Å². The molecular weight excluding hydrogens is 278 g/mol. The third-order valence-electron chi connectivity index (χ3n) is 2.82. The number of H-pyrrole nitrogens is 1. The predicted octanol–water partition coefficient (Wildman–Crippen LogP) is 0.149. The van der Waals surface area contributed by atoms with Crippen molar-refractivity contribution in [2.75, 3.05) is 6.61 Å². The third kappa shape index (κ3) is 2.64. The fraction of sp³-hybridized carbons (Fsp3) is 0.556. The van der Waals surface area contributed by atoms with Crippen LogP contribution >= 0.6 is 11.6 Å². The van der Waals surface area contributed by atoms with Gasteiger partial charge in [-0.25, -0.2) is 4.79 Å². The van der Waals surface area contributed by atoms with E-state index < -0.39 is 29.6 Å². The zero-order valence-electron chi connectivity index (χ0n) is 9.56. The second-order valence-corrected chi connectivity index (χ2v) is 4.37. The zero-order valence-corrected chi connectivity index (χ0v) is 10.3. The van der Waals surface area contributed by atoms with Gasteiger partial charge < -0.3 is 9.84 Å². The first-order valence-corrected chi connectivity index (χ1v) is 5.76. The molecule has 1 aromatic rings. The number of aliphatic hydroxyl groups excluding tert-OH is 1. The lowest BCUT2D eigenvalue weighted by Gasteiger charge is -2.14. The maximum absolute atomic E-state index is 11.6. The monoisotopic (exact) mass is 287 g/mol. The zero-order chi connectivity index (χ0) is 14.0. The molecule has 1 aromatic heterocycles. The van der Waals surface area contributed by atoms with Gasteiger partial charge >= 0.3 is 5.69 Å². The number of azide groups is 1. The Hall–Kier alpha value is -1.80. The number of aromatic nitrogens is 2. The van der Waals surface area contributed by atoms with Gasteiger partial charge in [-0.2, -0.15) is 0 Å². The quantitative estimate of drug-likeness (QED) is 0.465. The lowest BCUT2D eigenvalue weighted by Crippen LogP contribution is -2.32. The molecule has 9 nitrogen and oxygen atoms in total. The summed E-state index contributed by atoms with van der Waals surface area (Å²) in [5.41, 5.74) is 7.04. The third-order valence-corrected chi connectivity index (χ3v) is 3.09. The summed E-state index contributed by atoms with van der Waals surface area (Å²) in [5, 5.41) is 12.5. The summed E-state index contributed by atoms with van der Waals surface area (Å²) in [7, 11) is 0. The molecule has 0 radical (unpaired) electrons. The van der Waals surface area contributed by atoms with E-state index in [2.05, 4.69) is 10.0 Å². The van der Waals surface area contributed by atoms with Crippen LogP contribution in [0.25, 0.3) is 10.4 Å². The molecule has 0 saturated carbocycles. The summed E-state index contributed by atoms with van der Waals surface area (Å²) in [4.78, 5) is 27.5. The van der Waals surface area contributed by atoms with E-state index >= 15 is 0 Å². The van der Waals surface area contributed by atoms with Crippen LogP contribution in [0.15, 0.2) is 20.9 Å². The molecule has 1 unspecified atom stereocenters. The highest BCUT2D eigenvalue weighted by Gasteiger charge is 2.35. The normalized spacial score (nSPS) is 26.1. The molecule has 0 aromatic carbocycles. The van der Waals surface area contributed by atoms with E-state index in [0.29, 0.717) is 0 Å². The fourth-order valence-electron chi connectivity index (χ4n) is 1.91. The van der Waals surface area contributed by atoms with Crippen LogP contribution in [0.2, 0.25) is 5.02 Å². The average Bonchev–Trinajstić information content (AvgIpc) is 2.77. The van der Waals surface area contributed by atoms with Crippen LogP contribution in [0, 0.1) is 0 Å². The Balaban J connectivity index is 2.34. The van der Waals surface area contributed by atoms with Gasteiger partial charge in [0.15, 0.2) is 0 Å². The second kappa shape index (κ2) is 5.45. The van der Waals surface area contributed by atoms with Crippen LogP contribution in [0.4, 0.5) is 0 Å². The summed E-state index contributed by atoms with van der Waals surface area (Å²) in [6.45, 7) is -0.341. The standard InChI is InChI=1S/C9H10ClN5O4/c10-4-2-15(9(18)12-8(4)17)7-1-5(13-14-11)6(3-16)19-7/h2,5-7,16H,1,3H2,(H,12,17,18)/t5?,6-,7-/m0/s1. The molecule has 0 amide bonds. The summed E-state index contributed by atoms with van der Waals surface area (Å²) in [6.07, 6.45) is -0.0919. The molecule has 102 valence electrons. The Morgan fingerprint density at radius 2 is 2.42 bits per heavy atom. The van der Waals surface area contributed by atoms with Gasteiger partial charge in [-0.05, 0) is 5.53 Å². The molecule has 2 heterocycles. The minimum atomic E-state index is -0.755. The highest BCUT2D eigenvalue weighted by atomic mass is 35.5. The highest BCUT2D eigenvalue weighted by Crippen LogP contribution is 2.29. The molecule has 1 fully saturated rings. The minimum absolute atomic E-state index is 0.156. The van der Waals surface area contributed by atoms with E-state index in [1.54, 1.807) is 0 Å². The van der Waals surface area contributed by atoms with Gasteiger partial charge in [0.1, 0.15) is 11.3 Å². The van der Waals surface area contributed by atoms with Crippen molar-refractivity contribution < 1.29 is 9.84 Å². The van der Waals surface area contributed by atoms with Crippen molar-refractivity contribution >= 4 is 11.6 Å². The van der Waals surface area contributed by atoms with Gasteiger partial charge in [0.05, 0.1) is 18.8 Å². The Bertz CT molecular complexity index is 634. The van der Waals surface area contributed by atoms with Gasteiger partial charge in [0.2, 0.25) is 0 Å². The van der Waals surface area contributed by atoms with Crippen LogP contribution in [0.1, 0.15) is 12.6 Å². The number of rotatable bonds is 3. The Kier molecular flexibility index (Phi) is 3.91. The van der Waals surface area contributed by atoms with Crippen LogP contribution in [-0.2, 0) is 4.74 Å². The summed E-state index contributed by atoms with van der Waals surface area (Å²) < 4.78 is 6.50. The van der Waals surface area contributed by atoms with Crippen molar-refractivity contribution in [2.45, 2.75) is 24.8 Å². The molecule has 1 aliphatic rings. The molecule has 19 heavy (non-hydrogen) atoms. The number of halogens is 1. The highest BCUT2D eigenvalue weighted by molar-refractivity contribution is 6.30. The lowest BCUT2D eigenvalue weighted by atomic mass is 10.1. The van der Waals surface area contributed by atoms with E-state index in [9.17, 15) is 9.59 Å². The average molecular weight is 288 g/mol. The molecule has 3 atom stereocenters. The van der Waals surface area contributed by atoms with Crippen LogP contribution in [-0.4, -0.2) is 33.4 Å². The van der Waals surface area contributed by atoms with Crippen molar-refractivity contribution in [2.24, 2.45) is 5.11 Å². The van der Waals surface area contributed by atoms with Gasteiger partial charge in [0, 0.05) is 17.5 Å². The number of aliphatic hydroxyl groups is 1. The molecule has 2 N–H and O–H groups in total. The Morgan fingerprint density at radius 1 is 1.68 bits per heavy atom. The Morgan fingerprint density at radius 3 is 3.05 bits per heavy atom. The minimum Gasteiger partial charge on any atom is -0.394 e. The van der Waals surface area contributed by atoms with Gasteiger partial charge in [-0.1, -0.05) is 16.7 Å². The molecule has 2 rings (SSSR count). The smallest absolute Gasteiger partial charge is 0.330 e. The van der Waals surface area contributed by atoms with E-state index in [1.807, 2.05) is 4.98 Å². The largest absolute Gasteiger partial charge is 0.394 e. The van der Waals surface area contributed by atoms with E-state index in [0.717, 1.165) is 10.8 Å². The van der Waals surface area contributed by atoms with E-state index in [-0.39, 0.29) is 18.1 Å². The van der Waals surface area contributed by atoms with Crippen molar-refractivity contribution in [1.29, 1.82) is 0 Å². The number of aromatic amines is 1. The number of nitrogens with one attached hydrogen (secondary N) is 1. The SMILES string of the molecule is [N-]=[N+]=NC1C[C@@H](n2cc(Cl)c(=O)[nH]c2=O)O[C@H]1CO. The number of ether oxygens (including phenoxy) is 1. The van der Waals surface area contributed by atoms with Crippen LogP contribution in [0.3, 0.4) is 0 Å². The first-order valence-electron chi connectivity index (χ1n) is 5.38. The lowest BCUT2D eigenvalue weighted by molar-refractivity contribution is -0.0270. The van der Waals surface area contributed by atoms with Gasteiger partial charge in [-0.15, -0.1) is 0 Å². The van der Waals surface area contributed by atoms with Crippen molar-refractivity contribution in [3.05, 3.63) is 42.5 Å². The van der Waals surface area contributed by atoms with E-state index in [1.165, 1.54) is 0 Å². The fourth-order valence-corrected chi connectivity index (χ4v) is 2.07. The Labute approximate surface area is 111 Å². The summed E-state index contributed by atoms with van der Waals surface area (Å²) in [5.74, 6) is 0. The molecule has 0 spiro atoms. The predicted molar refractivity (Wildman–Crippen MR) is 64.9 cm³/mol. The van der Waals surface area contributed by atoms with Crippen molar-refractivity contribution in [3.8, 4) is 0 Å². The molecule has 10 heteroatoms. The maximum Gasteiger partial charge on any atom is 0.330 e. The number of hydrogen-bond acceptors (Lipinski definition) is 5. The first kappa shape index (κ1) is 13.6. The van der Waals surface area contributed by atoms with Crippen LogP contribution in [0.5, 0.6) is 0 Å². The second-order valence-electron chi connectivity index (χ2n) is 3.96. The first-order chi connectivity index (χ1) is 9.06. The number of nitrogens with zero attached hydrogens (tertiary/aromatic N) is 4. The molecule has 1 saturated heterocycles. The van der Waals surface area contributed by atoms with Gasteiger partial charge in [-0.3, -0.25) is 14.3 Å².